The van der Waals surface area contributed by atoms with Crippen LogP contribution < -0.4 is 4.74 Å². The van der Waals surface area contributed by atoms with Gasteiger partial charge in [0.15, 0.2) is 0 Å². The predicted molar refractivity (Wildman–Crippen MR) is 66.7 cm³/mol. The summed E-state index contributed by atoms with van der Waals surface area (Å²) in [5.41, 5.74) is 0.917. The molecule has 0 saturated carbocycles. The van der Waals surface area contributed by atoms with Gasteiger partial charge in [-0.1, -0.05) is 44.9 Å². The standard InChI is InChI=1S/C14H22O2/c1-3-5-11-16-14-10-7-6-9-12(14)13(15)8-4-2/h6-7,9-10,13,15H,3-5,8,11H2,1-2H3. The van der Waals surface area contributed by atoms with Gasteiger partial charge in [0.25, 0.3) is 0 Å². The molecule has 2 heteroatoms. The van der Waals surface area contributed by atoms with Crippen LogP contribution in [0.25, 0.3) is 0 Å². The smallest absolute Gasteiger partial charge is 0.125 e. The summed E-state index contributed by atoms with van der Waals surface area (Å²) in [6.45, 7) is 4.94. The van der Waals surface area contributed by atoms with Crippen molar-refractivity contribution in [1.29, 1.82) is 0 Å². The molecule has 0 aliphatic carbocycles. The summed E-state index contributed by atoms with van der Waals surface area (Å²) in [5.74, 6) is 0.830. The quantitative estimate of drug-likeness (QED) is 0.713. The highest BCUT2D eigenvalue weighted by atomic mass is 16.5. The number of rotatable bonds is 7. The van der Waals surface area contributed by atoms with E-state index in [1.54, 1.807) is 0 Å². The molecule has 0 spiro atoms. The Hall–Kier alpha value is -1.02. The van der Waals surface area contributed by atoms with Crippen LogP contribution in [0.5, 0.6) is 5.75 Å². The molecular weight excluding hydrogens is 200 g/mol. The Kier molecular flexibility index (Phi) is 5.94. The first-order chi connectivity index (χ1) is 7.79. The van der Waals surface area contributed by atoms with Crippen molar-refractivity contribution in [3.63, 3.8) is 0 Å². The van der Waals surface area contributed by atoms with Crippen LogP contribution in [-0.2, 0) is 0 Å². The second-order valence-electron chi connectivity index (χ2n) is 4.04. The van der Waals surface area contributed by atoms with Gasteiger partial charge in [0.2, 0.25) is 0 Å². The molecule has 1 aromatic rings. The third-order valence-electron chi connectivity index (χ3n) is 2.60. The number of aliphatic hydroxyl groups is 1. The lowest BCUT2D eigenvalue weighted by molar-refractivity contribution is 0.160. The van der Waals surface area contributed by atoms with Gasteiger partial charge in [-0.25, -0.2) is 0 Å². The van der Waals surface area contributed by atoms with E-state index in [0.29, 0.717) is 0 Å². The van der Waals surface area contributed by atoms with E-state index in [-0.39, 0.29) is 0 Å². The number of unbranched alkanes of at least 4 members (excludes halogenated alkanes) is 1. The van der Waals surface area contributed by atoms with Crippen molar-refractivity contribution >= 4 is 0 Å². The summed E-state index contributed by atoms with van der Waals surface area (Å²) in [7, 11) is 0. The summed E-state index contributed by atoms with van der Waals surface area (Å²) in [4.78, 5) is 0. The van der Waals surface area contributed by atoms with Crippen molar-refractivity contribution in [2.75, 3.05) is 6.61 Å². The molecule has 16 heavy (non-hydrogen) atoms. The molecular formula is C14H22O2. The van der Waals surface area contributed by atoms with Gasteiger partial charge in [0.05, 0.1) is 12.7 Å². The molecule has 2 nitrogen and oxygen atoms in total. The highest BCUT2D eigenvalue weighted by Gasteiger charge is 2.11. The summed E-state index contributed by atoms with van der Waals surface area (Å²) in [5, 5.41) is 9.98. The summed E-state index contributed by atoms with van der Waals surface area (Å²) < 4.78 is 5.69. The Morgan fingerprint density at radius 1 is 1.19 bits per heavy atom. The van der Waals surface area contributed by atoms with E-state index in [1.165, 1.54) is 0 Å². The Labute approximate surface area is 98.3 Å². The van der Waals surface area contributed by atoms with Gasteiger partial charge in [-0.2, -0.15) is 0 Å². The molecule has 1 rings (SSSR count). The van der Waals surface area contributed by atoms with Crippen LogP contribution >= 0.6 is 0 Å². The topological polar surface area (TPSA) is 29.5 Å². The molecule has 0 heterocycles. The molecule has 0 fully saturated rings. The molecule has 90 valence electrons. The highest BCUT2D eigenvalue weighted by molar-refractivity contribution is 5.35. The fourth-order valence-corrected chi connectivity index (χ4v) is 1.64. The Morgan fingerprint density at radius 2 is 1.94 bits per heavy atom. The largest absolute Gasteiger partial charge is 0.493 e. The molecule has 0 saturated heterocycles. The Balaban J connectivity index is 2.67. The van der Waals surface area contributed by atoms with Crippen LogP contribution in [0.3, 0.4) is 0 Å². The first-order valence-corrected chi connectivity index (χ1v) is 6.19. The molecule has 1 atom stereocenters. The van der Waals surface area contributed by atoms with Crippen molar-refractivity contribution in [3.05, 3.63) is 29.8 Å². The lowest BCUT2D eigenvalue weighted by atomic mass is 10.0. The molecule has 0 bridgehead atoms. The molecule has 1 N–H and O–H groups in total. The van der Waals surface area contributed by atoms with E-state index in [2.05, 4.69) is 13.8 Å². The third-order valence-corrected chi connectivity index (χ3v) is 2.60. The fraction of sp³-hybridized carbons (Fsp3) is 0.571. The van der Waals surface area contributed by atoms with E-state index < -0.39 is 6.10 Å². The lowest BCUT2D eigenvalue weighted by Gasteiger charge is -2.15. The first-order valence-electron chi connectivity index (χ1n) is 6.19. The van der Waals surface area contributed by atoms with Crippen LogP contribution in [0.4, 0.5) is 0 Å². The zero-order valence-electron chi connectivity index (χ0n) is 10.3. The number of benzene rings is 1. The second-order valence-corrected chi connectivity index (χ2v) is 4.04. The van der Waals surface area contributed by atoms with Gasteiger partial charge in [0, 0.05) is 5.56 Å². The van der Waals surface area contributed by atoms with Crippen molar-refractivity contribution in [2.24, 2.45) is 0 Å². The van der Waals surface area contributed by atoms with Crippen molar-refractivity contribution in [2.45, 2.75) is 45.6 Å². The zero-order valence-corrected chi connectivity index (χ0v) is 10.3. The maximum atomic E-state index is 9.98. The van der Waals surface area contributed by atoms with Crippen molar-refractivity contribution in [3.8, 4) is 5.75 Å². The number of hydrogen-bond acceptors (Lipinski definition) is 2. The Morgan fingerprint density at radius 3 is 2.62 bits per heavy atom. The van der Waals surface area contributed by atoms with Gasteiger partial charge in [-0.3, -0.25) is 0 Å². The molecule has 1 unspecified atom stereocenters. The van der Waals surface area contributed by atoms with Crippen LogP contribution in [0.15, 0.2) is 24.3 Å². The molecule has 0 amide bonds. The van der Waals surface area contributed by atoms with E-state index in [1.807, 2.05) is 24.3 Å². The van der Waals surface area contributed by atoms with Crippen LogP contribution in [0.1, 0.15) is 51.2 Å². The monoisotopic (exact) mass is 222 g/mol. The SMILES string of the molecule is CCCCOc1ccccc1C(O)CCC. The van der Waals surface area contributed by atoms with E-state index in [4.69, 9.17) is 4.74 Å². The van der Waals surface area contributed by atoms with Crippen LogP contribution in [0.2, 0.25) is 0 Å². The Bertz CT molecular complexity index is 297. The summed E-state index contributed by atoms with van der Waals surface area (Å²) >= 11 is 0. The minimum atomic E-state index is -0.400. The molecule has 0 radical (unpaired) electrons. The lowest BCUT2D eigenvalue weighted by Crippen LogP contribution is -2.03. The maximum absolute atomic E-state index is 9.98. The van der Waals surface area contributed by atoms with Gasteiger partial charge in [0.1, 0.15) is 5.75 Å². The van der Waals surface area contributed by atoms with Gasteiger partial charge in [-0.15, -0.1) is 0 Å². The molecule has 0 aliphatic heterocycles. The summed E-state index contributed by atoms with van der Waals surface area (Å²) in [6.07, 6.45) is 3.54. The van der Waals surface area contributed by atoms with Gasteiger partial charge in [-0.05, 0) is 18.9 Å². The normalized spacial score (nSPS) is 12.4. The zero-order chi connectivity index (χ0) is 11.8. The average molecular weight is 222 g/mol. The first kappa shape index (κ1) is 13.0. The van der Waals surface area contributed by atoms with Gasteiger partial charge < -0.3 is 9.84 Å². The van der Waals surface area contributed by atoms with Crippen molar-refractivity contribution < 1.29 is 9.84 Å². The fourth-order valence-electron chi connectivity index (χ4n) is 1.64. The number of hydrogen-bond donors (Lipinski definition) is 1. The van der Waals surface area contributed by atoms with E-state index in [0.717, 1.165) is 43.6 Å². The maximum Gasteiger partial charge on any atom is 0.125 e. The number of aliphatic hydroxyl groups excluding tert-OH is 1. The average Bonchev–Trinajstić information content (AvgIpc) is 2.30. The van der Waals surface area contributed by atoms with Crippen LogP contribution in [0, 0.1) is 0 Å². The number of ether oxygens (including phenoxy) is 1. The predicted octanol–water partition coefficient (Wildman–Crippen LogP) is 3.70. The molecule has 1 aromatic carbocycles. The summed E-state index contributed by atoms with van der Waals surface area (Å²) in [6, 6.07) is 7.77. The van der Waals surface area contributed by atoms with Crippen LogP contribution in [-0.4, -0.2) is 11.7 Å². The second kappa shape index (κ2) is 7.29. The van der Waals surface area contributed by atoms with E-state index >= 15 is 0 Å². The minimum absolute atomic E-state index is 0.400. The number of para-hydroxylation sites is 1. The highest BCUT2D eigenvalue weighted by Crippen LogP contribution is 2.27. The molecule has 0 aromatic heterocycles. The van der Waals surface area contributed by atoms with Gasteiger partial charge >= 0.3 is 0 Å². The molecule has 0 aliphatic rings. The van der Waals surface area contributed by atoms with Crippen molar-refractivity contribution in [1.82, 2.24) is 0 Å². The third kappa shape index (κ3) is 3.86. The van der Waals surface area contributed by atoms with E-state index in [9.17, 15) is 5.11 Å². The minimum Gasteiger partial charge on any atom is -0.493 e.